The quantitative estimate of drug-likeness (QED) is 0.499. The lowest BCUT2D eigenvalue weighted by molar-refractivity contribution is -0.137. The van der Waals surface area contributed by atoms with Gasteiger partial charge in [-0.15, -0.1) is 0 Å². The fraction of sp³-hybridized carbons (Fsp3) is 0.222. The second kappa shape index (κ2) is 10.1. The highest BCUT2D eigenvalue weighted by atomic mass is 19.4. The molecular weight excluding hydrogens is 503 g/mol. The third-order valence-electron chi connectivity index (χ3n) is 6.30. The van der Waals surface area contributed by atoms with Gasteiger partial charge in [0.1, 0.15) is 0 Å². The standard InChI is InChI=1S/C27H22F3N3O5/c28-27(29,30)18-4-3-5-19(12-18)33-14-17(11-24(33)34)25(35)32-21-7-2-1-6-20(21)26(36)31-13-16-8-9-22-23(10-16)38-15-37-22/h1-10,12,17H,11,13-15H2,(H,31,36)(H,32,35)/t17-/m1/s1. The number of para-hydroxylation sites is 1. The third-order valence-corrected chi connectivity index (χ3v) is 6.30. The van der Waals surface area contributed by atoms with Gasteiger partial charge in [-0.05, 0) is 48.0 Å². The predicted molar refractivity (Wildman–Crippen MR) is 131 cm³/mol. The number of hydrogen-bond acceptors (Lipinski definition) is 5. The monoisotopic (exact) mass is 525 g/mol. The van der Waals surface area contributed by atoms with Gasteiger partial charge in [0.2, 0.25) is 18.6 Å². The number of halogens is 3. The summed E-state index contributed by atoms with van der Waals surface area (Å²) in [5.74, 6) is -0.976. The van der Waals surface area contributed by atoms with Crippen LogP contribution in [0.2, 0.25) is 0 Å². The van der Waals surface area contributed by atoms with Gasteiger partial charge in [0.15, 0.2) is 11.5 Å². The molecule has 0 unspecified atom stereocenters. The molecule has 0 saturated carbocycles. The molecule has 0 radical (unpaired) electrons. The normalized spacial score (nSPS) is 16.4. The van der Waals surface area contributed by atoms with Gasteiger partial charge in [-0.1, -0.05) is 24.3 Å². The Balaban J connectivity index is 1.24. The van der Waals surface area contributed by atoms with E-state index >= 15 is 0 Å². The number of alkyl halides is 3. The van der Waals surface area contributed by atoms with Crippen LogP contribution >= 0.6 is 0 Å². The van der Waals surface area contributed by atoms with E-state index in [2.05, 4.69) is 10.6 Å². The highest BCUT2D eigenvalue weighted by Crippen LogP contribution is 2.34. The average molecular weight is 525 g/mol. The van der Waals surface area contributed by atoms with Crippen molar-refractivity contribution in [3.8, 4) is 11.5 Å². The van der Waals surface area contributed by atoms with Crippen LogP contribution in [0.25, 0.3) is 0 Å². The zero-order valence-electron chi connectivity index (χ0n) is 19.9. The zero-order chi connectivity index (χ0) is 26.9. The molecule has 1 fully saturated rings. The van der Waals surface area contributed by atoms with Crippen molar-refractivity contribution in [2.45, 2.75) is 19.1 Å². The molecule has 3 aromatic rings. The maximum absolute atomic E-state index is 13.1. The van der Waals surface area contributed by atoms with Crippen molar-refractivity contribution in [2.75, 3.05) is 23.6 Å². The van der Waals surface area contributed by atoms with E-state index in [1.807, 2.05) is 0 Å². The van der Waals surface area contributed by atoms with E-state index in [1.54, 1.807) is 42.5 Å². The van der Waals surface area contributed by atoms with Crippen LogP contribution < -0.4 is 25.0 Å². The van der Waals surface area contributed by atoms with E-state index in [0.29, 0.717) is 11.5 Å². The number of anilines is 2. The fourth-order valence-electron chi connectivity index (χ4n) is 4.34. The first-order valence-corrected chi connectivity index (χ1v) is 11.7. The van der Waals surface area contributed by atoms with Gasteiger partial charge in [0.25, 0.3) is 5.91 Å². The fourth-order valence-corrected chi connectivity index (χ4v) is 4.34. The second-order valence-corrected chi connectivity index (χ2v) is 8.86. The summed E-state index contributed by atoms with van der Waals surface area (Å²) >= 11 is 0. The molecule has 0 bridgehead atoms. The summed E-state index contributed by atoms with van der Waals surface area (Å²) in [5.41, 5.74) is 0.467. The zero-order valence-corrected chi connectivity index (χ0v) is 19.9. The number of hydrogen-bond donors (Lipinski definition) is 2. The minimum Gasteiger partial charge on any atom is -0.454 e. The van der Waals surface area contributed by atoms with Gasteiger partial charge >= 0.3 is 6.18 Å². The van der Waals surface area contributed by atoms with Gasteiger partial charge in [0, 0.05) is 25.2 Å². The molecule has 1 saturated heterocycles. The first-order valence-electron chi connectivity index (χ1n) is 11.7. The number of carbonyl (C=O) groups is 3. The molecule has 2 heterocycles. The molecule has 38 heavy (non-hydrogen) atoms. The van der Waals surface area contributed by atoms with Gasteiger partial charge in [0.05, 0.1) is 22.7 Å². The van der Waals surface area contributed by atoms with Gasteiger partial charge in [-0.2, -0.15) is 13.2 Å². The number of amides is 3. The summed E-state index contributed by atoms with van der Waals surface area (Å²) < 4.78 is 49.9. The maximum atomic E-state index is 13.1. The van der Waals surface area contributed by atoms with Crippen molar-refractivity contribution in [3.63, 3.8) is 0 Å². The number of nitrogens with one attached hydrogen (secondary N) is 2. The summed E-state index contributed by atoms with van der Waals surface area (Å²) in [6.07, 6.45) is -4.72. The van der Waals surface area contributed by atoms with Crippen LogP contribution in [0.15, 0.2) is 66.7 Å². The van der Waals surface area contributed by atoms with Crippen molar-refractivity contribution in [2.24, 2.45) is 5.92 Å². The number of benzene rings is 3. The molecule has 0 aliphatic carbocycles. The highest BCUT2D eigenvalue weighted by molar-refractivity contribution is 6.07. The molecule has 196 valence electrons. The van der Waals surface area contributed by atoms with E-state index in [4.69, 9.17) is 9.47 Å². The van der Waals surface area contributed by atoms with Crippen LogP contribution in [0.1, 0.15) is 27.9 Å². The molecule has 3 amide bonds. The lowest BCUT2D eigenvalue weighted by Gasteiger charge is -2.18. The summed E-state index contributed by atoms with van der Waals surface area (Å²) in [7, 11) is 0. The number of carbonyl (C=O) groups excluding carboxylic acids is 3. The third kappa shape index (κ3) is 5.26. The lowest BCUT2D eigenvalue weighted by atomic mass is 10.1. The molecule has 5 rings (SSSR count). The maximum Gasteiger partial charge on any atom is 0.416 e. The van der Waals surface area contributed by atoms with Gasteiger partial charge < -0.3 is 25.0 Å². The first kappa shape index (κ1) is 25.1. The molecule has 2 aliphatic heterocycles. The molecule has 0 aromatic heterocycles. The van der Waals surface area contributed by atoms with Crippen LogP contribution in [0.4, 0.5) is 24.5 Å². The number of ether oxygens (including phenoxy) is 2. The molecule has 2 N–H and O–H groups in total. The van der Waals surface area contributed by atoms with Crippen molar-refractivity contribution >= 4 is 29.1 Å². The van der Waals surface area contributed by atoms with Crippen LogP contribution in [0, 0.1) is 5.92 Å². The lowest BCUT2D eigenvalue weighted by Crippen LogP contribution is -2.29. The summed E-state index contributed by atoms with van der Waals surface area (Å²) in [5, 5.41) is 5.50. The topological polar surface area (TPSA) is 97.0 Å². The second-order valence-electron chi connectivity index (χ2n) is 8.86. The van der Waals surface area contributed by atoms with E-state index in [0.717, 1.165) is 17.7 Å². The molecule has 8 nitrogen and oxygen atoms in total. The molecule has 1 atom stereocenters. The number of fused-ring (bicyclic) bond motifs is 1. The van der Waals surface area contributed by atoms with Crippen molar-refractivity contribution in [3.05, 3.63) is 83.4 Å². The van der Waals surface area contributed by atoms with Gasteiger partial charge in [-0.25, -0.2) is 0 Å². The predicted octanol–water partition coefficient (Wildman–Crippen LogP) is 4.36. The molecule has 0 spiro atoms. The van der Waals surface area contributed by atoms with Crippen LogP contribution in [-0.4, -0.2) is 31.1 Å². The minimum absolute atomic E-state index is 0.0726. The van der Waals surface area contributed by atoms with Crippen LogP contribution in [-0.2, 0) is 22.3 Å². The summed E-state index contributed by atoms with van der Waals surface area (Å²) in [6, 6.07) is 16.2. The van der Waals surface area contributed by atoms with Crippen LogP contribution in [0.5, 0.6) is 11.5 Å². The van der Waals surface area contributed by atoms with Gasteiger partial charge in [-0.3, -0.25) is 14.4 Å². The average Bonchev–Trinajstić information content (AvgIpc) is 3.53. The molecule has 11 heteroatoms. The number of rotatable bonds is 6. The smallest absolute Gasteiger partial charge is 0.416 e. The van der Waals surface area contributed by atoms with Crippen molar-refractivity contribution in [1.82, 2.24) is 5.32 Å². The van der Waals surface area contributed by atoms with Crippen LogP contribution in [0.3, 0.4) is 0 Å². The Morgan fingerprint density at radius 3 is 2.58 bits per heavy atom. The Bertz CT molecular complexity index is 1410. The highest BCUT2D eigenvalue weighted by Gasteiger charge is 2.37. The van der Waals surface area contributed by atoms with E-state index in [9.17, 15) is 27.6 Å². The summed E-state index contributed by atoms with van der Waals surface area (Å²) in [6.45, 7) is 0.272. The van der Waals surface area contributed by atoms with Crippen molar-refractivity contribution < 1.29 is 37.0 Å². The Kier molecular flexibility index (Phi) is 6.66. The number of nitrogens with zero attached hydrogens (tertiary/aromatic N) is 1. The van der Waals surface area contributed by atoms with E-state index in [1.165, 1.54) is 17.0 Å². The molecule has 2 aliphatic rings. The Labute approximate surface area is 215 Å². The van der Waals surface area contributed by atoms with E-state index < -0.39 is 35.4 Å². The molecular formula is C27H22F3N3O5. The SMILES string of the molecule is O=C(NCc1ccc2c(c1)OCO2)c1ccccc1NC(=O)[C@@H]1CC(=O)N(c2cccc(C(F)(F)F)c2)C1. The molecule has 3 aromatic carbocycles. The first-order chi connectivity index (χ1) is 18.2. The van der Waals surface area contributed by atoms with E-state index in [-0.39, 0.29) is 43.2 Å². The Morgan fingerprint density at radius 1 is 0.974 bits per heavy atom. The Morgan fingerprint density at radius 2 is 1.76 bits per heavy atom. The summed E-state index contributed by atoms with van der Waals surface area (Å²) in [4.78, 5) is 39.6. The Hall–Kier alpha value is -4.54. The van der Waals surface area contributed by atoms with Crippen molar-refractivity contribution in [1.29, 1.82) is 0 Å². The largest absolute Gasteiger partial charge is 0.454 e. The minimum atomic E-state index is -4.55.